The number of nitrogens with one attached hydrogen (secondary N) is 1. The number of methoxy groups -OCH3 is 1. The molecule has 0 aliphatic heterocycles. The van der Waals surface area contributed by atoms with Crippen molar-refractivity contribution in [2.75, 3.05) is 26.0 Å². The number of carbonyl (C=O) groups is 2. The van der Waals surface area contributed by atoms with Crippen LogP contribution >= 0.6 is 0 Å². The number of hydrogen-bond donors (Lipinski definition) is 2. The first-order chi connectivity index (χ1) is 9.35. The average Bonchev–Trinajstić information content (AvgIpc) is 2.37. The molecule has 1 aromatic carbocycles. The second-order valence-corrected chi connectivity index (χ2v) is 4.92. The van der Waals surface area contributed by atoms with E-state index in [2.05, 4.69) is 5.32 Å². The van der Waals surface area contributed by atoms with Gasteiger partial charge in [0.25, 0.3) is 0 Å². The highest BCUT2D eigenvalue weighted by Gasteiger charge is 2.14. The third-order valence-corrected chi connectivity index (χ3v) is 2.67. The number of carboxylic acid groups (broad SMARTS) is 1. The van der Waals surface area contributed by atoms with Gasteiger partial charge in [-0.3, -0.25) is 0 Å². The van der Waals surface area contributed by atoms with E-state index in [1.165, 1.54) is 25.3 Å². The van der Waals surface area contributed by atoms with Gasteiger partial charge in [0.05, 0.1) is 7.11 Å². The molecule has 0 spiro atoms. The summed E-state index contributed by atoms with van der Waals surface area (Å²) >= 11 is 0. The van der Waals surface area contributed by atoms with Crippen molar-refractivity contribution in [2.24, 2.45) is 5.92 Å². The summed E-state index contributed by atoms with van der Waals surface area (Å²) in [7, 11) is 3.09. The molecular formula is C14H20N2O4. The van der Waals surface area contributed by atoms with Gasteiger partial charge >= 0.3 is 12.0 Å². The summed E-state index contributed by atoms with van der Waals surface area (Å²) in [6, 6.07) is 4.18. The summed E-state index contributed by atoms with van der Waals surface area (Å²) in [6.07, 6.45) is 0. The predicted octanol–water partition coefficient (Wildman–Crippen LogP) is 2.51. The number of carbonyl (C=O) groups excluding carboxylic acids is 1. The fourth-order valence-electron chi connectivity index (χ4n) is 1.80. The highest BCUT2D eigenvalue weighted by molar-refractivity contribution is 5.94. The van der Waals surface area contributed by atoms with Crippen LogP contribution < -0.4 is 10.1 Å². The lowest BCUT2D eigenvalue weighted by atomic mass is 10.2. The number of benzene rings is 1. The Morgan fingerprint density at radius 1 is 1.40 bits per heavy atom. The van der Waals surface area contributed by atoms with E-state index in [9.17, 15) is 9.59 Å². The quantitative estimate of drug-likeness (QED) is 0.868. The van der Waals surface area contributed by atoms with Crippen molar-refractivity contribution in [3.8, 4) is 5.75 Å². The van der Waals surface area contributed by atoms with Crippen LogP contribution in [0.3, 0.4) is 0 Å². The number of aromatic carboxylic acids is 1. The van der Waals surface area contributed by atoms with Gasteiger partial charge < -0.3 is 20.1 Å². The molecule has 2 N–H and O–H groups in total. The first-order valence-corrected chi connectivity index (χ1v) is 6.28. The van der Waals surface area contributed by atoms with E-state index < -0.39 is 5.97 Å². The minimum atomic E-state index is -1.07. The number of urea groups is 1. The van der Waals surface area contributed by atoms with E-state index in [0.717, 1.165) is 0 Å². The molecule has 0 bridgehead atoms. The van der Waals surface area contributed by atoms with Crippen molar-refractivity contribution >= 4 is 17.7 Å². The summed E-state index contributed by atoms with van der Waals surface area (Å²) in [6.45, 7) is 4.68. The third-order valence-electron chi connectivity index (χ3n) is 2.67. The van der Waals surface area contributed by atoms with E-state index in [4.69, 9.17) is 9.84 Å². The van der Waals surface area contributed by atoms with Crippen LogP contribution in [0.25, 0.3) is 0 Å². The standard InChI is InChI=1S/C14H20N2O4/c1-9(2)8-16(3)14(19)15-10-5-6-11(13(17)18)12(7-10)20-4/h5-7,9H,8H2,1-4H3,(H,15,19)(H,17,18). The Balaban J connectivity index is 2.83. The molecule has 0 saturated carbocycles. The van der Waals surface area contributed by atoms with Crippen LogP contribution in [0.1, 0.15) is 24.2 Å². The van der Waals surface area contributed by atoms with E-state index in [1.807, 2.05) is 13.8 Å². The van der Waals surface area contributed by atoms with Crippen molar-refractivity contribution in [1.82, 2.24) is 4.90 Å². The zero-order chi connectivity index (χ0) is 15.3. The lowest BCUT2D eigenvalue weighted by molar-refractivity contribution is 0.0693. The molecule has 0 unspecified atom stereocenters. The highest BCUT2D eigenvalue weighted by Crippen LogP contribution is 2.23. The zero-order valence-electron chi connectivity index (χ0n) is 12.1. The smallest absolute Gasteiger partial charge is 0.339 e. The molecule has 0 saturated heterocycles. The van der Waals surface area contributed by atoms with Gasteiger partial charge in [0.2, 0.25) is 0 Å². The van der Waals surface area contributed by atoms with Gasteiger partial charge in [0.15, 0.2) is 0 Å². The predicted molar refractivity (Wildman–Crippen MR) is 76.4 cm³/mol. The Hall–Kier alpha value is -2.24. The molecule has 0 atom stereocenters. The first-order valence-electron chi connectivity index (χ1n) is 6.28. The zero-order valence-corrected chi connectivity index (χ0v) is 12.1. The Morgan fingerprint density at radius 3 is 2.55 bits per heavy atom. The third kappa shape index (κ3) is 4.15. The van der Waals surface area contributed by atoms with Crippen LogP contribution in [0.15, 0.2) is 18.2 Å². The number of amides is 2. The van der Waals surface area contributed by atoms with Crippen LogP contribution in [0, 0.1) is 5.92 Å². The van der Waals surface area contributed by atoms with Gasteiger partial charge in [-0.15, -0.1) is 0 Å². The minimum Gasteiger partial charge on any atom is -0.496 e. The summed E-state index contributed by atoms with van der Waals surface area (Å²) in [4.78, 5) is 24.5. The summed E-state index contributed by atoms with van der Waals surface area (Å²) in [5, 5.41) is 11.7. The fourth-order valence-corrected chi connectivity index (χ4v) is 1.80. The number of carboxylic acids is 1. The first kappa shape index (κ1) is 15.8. The molecule has 0 aromatic heterocycles. The van der Waals surface area contributed by atoms with Gasteiger partial charge in [-0.2, -0.15) is 0 Å². The maximum Gasteiger partial charge on any atom is 0.339 e. The van der Waals surface area contributed by atoms with Crippen LogP contribution in [0.5, 0.6) is 5.75 Å². The molecule has 6 heteroatoms. The molecule has 0 heterocycles. The Kier molecular flexibility index (Phi) is 5.37. The SMILES string of the molecule is COc1cc(NC(=O)N(C)CC(C)C)ccc1C(=O)O. The number of hydrogen-bond acceptors (Lipinski definition) is 3. The lowest BCUT2D eigenvalue weighted by Crippen LogP contribution is -2.34. The van der Waals surface area contributed by atoms with E-state index in [1.54, 1.807) is 11.9 Å². The van der Waals surface area contributed by atoms with Gasteiger partial charge in [0, 0.05) is 25.3 Å². The molecule has 1 aromatic rings. The van der Waals surface area contributed by atoms with E-state index in [0.29, 0.717) is 18.2 Å². The molecule has 0 aliphatic rings. The van der Waals surface area contributed by atoms with Gasteiger partial charge in [0.1, 0.15) is 11.3 Å². The lowest BCUT2D eigenvalue weighted by Gasteiger charge is -2.20. The fraction of sp³-hybridized carbons (Fsp3) is 0.429. The Labute approximate surface area is 118 Å². The number of rotatable bonds is 5. The topological polar surface area (TPSA) is 78.9 Å². The summed E-state index contributed by atoms with van der Waals surface area (Å²) in [5.41, 5.74) is 0.550. The van der Waals surface area contributed by atoms with Crippen LogP contribution in [-0.4, -0.2) is 42.7 Å². The van der Waals surface area contributed by atoms with Crippen LogP contribution in [0.4, 0.5) is 10.5 Å². The molecular weight excluding hydrogens is 260 g/mol. The molecule has 0 radical (unpaired) electrons. The maximum absolute atomic E-state index is 11.9. The molecule has 20 heavy (non-hydrogen) atoms. The Bertz CT molecular complexity index is 500. The van der Waals surface area contributed by atoms with Crippen molar-refractivity contribution < 1.29 is 19.4 Å². The van der Waals surface area contributed by atoms with Crippen molar-refractivity contribution in [3.63, 3.8) is 0 Å². The molecule has 110 valence electrons. The second-order valence-electron chi connectivity index (χ2n) is 4.92. The average molecular weight is 280 g/mol. The van der Waals surface area contributed by atoms with Gasteiger partial charge in [-0.05, 0) is 18.1 Å². The van der Waals surface area contributed by atoms with Crippen molar-refractivity contribution in [1.29, 1.82) is 0 Å². The number of nitrogens with zero attached hydrogens (tertiary/aromatic N) is 1. The summed E-state index contributed by atoms with van der Waals surface area (Å²) in [5.74, 6) is -0.492. The van der Waals surface area contributed by atoms with Crippen LogP contribution in [0.2, 0.25) is 0 Å². The van der Waals surface area contributed by atoms with Gasteiger partial charge in [-0.1, -0.05) is 13.8 Å². The van der Waals surface area contributed by atoms with Crippen LogP contribution in [-0.2, 0) is 0 Å². The minimum absolute atomic E-state index is 0.0565. The highest BCUT2D eigenvalue weighted by atomic mass is 16.5. The van der Waals surface area contributed by atoms with Crippen molar-refractivity contribution in [3.05, 3.63) is 23.8 Å². The summed E-state index contributed by atoms with van der Waals surface area (Å²) < 4.78 is 5.01. The monoisotopic (exact) mass is 280 g/mol. The molecule has 1 rings (SSSR count). The Morgan fingerprint density at radius 2 is 2.05 bits per heavy atom. The number of ether oxygens (including phenoxy) is 1. The second kappa shape index (κ2) is 6.79. The van der Waals surface area contributed by atoms with E-state index in [-0.39, 0.29) is 17.3 Å². The number of anilines is 1. The molecule has 0 aliphatic carbocycles. The molecule has 0 fully saturated rings. The van der Waals surface area contributed by atoms with Crippen molar-refractivity contribution in [2.45, 2.75) is 13.8 Å². The van der Waals surface area contributed by atoms with Gasteiger partial charge in [-0.25, -0.2) is 9.59 Å². The normalized spacial score (nSPS) is 10.2. The van der Waals surface area contributed by atoms with E-state index >= 15 is 0 Å². The molecule has 2 amide bonds. The largest absolute Gasteiger partial charge is 0.496 e. The molecule has 6 nitrogen and oxygen atoms in total. The maximum atomic E-state index is 11.9.